The molecule has 0 bridgehead atoms. The summed E-state index contributed by atoms with van der Waals surface area (Å²) < 4.78 is 0. The van der Waals surface area contributed by atoms with E-state index in [1.54, 1.807) is 0 Å². The van der Waals surface area contributed by atoms with Gasteiger partial charge in [-0.25, -0.2) is 0 Å². The summed E-state index contributed by atoms with van der Waals surface area (Å²) in [5.41, 5.74) is 0.971. The van der Waals surface area contributed by atoms with Gasteiger partial charge >= 0.3 is 0 Å². The van der Waals surface area contributed by atoms with Crippen LogP contribution in [0.3, 0.4) is 0 Å². The first-order valence-electron chi connectivity index (χ1n) is 7.28. The first-order valence-corrected chi connectivity index (χ1v) is 7.28. The highest BCUT2D eigenvalue weighted by Crippen LogP contribution is 2.21. The Kier molecular flexibility index (Phi) is 7.72. The lowest BCUT2D eigenvalue weighted by Gasteiger charge is -2.32. The van der Waals surface area contributed by atoms with E-state index in [1.165, 1.54) is 0 Å². The molecule has 108 valence electrons. The van der Waals surface area contributed by atoms with Gasteiger partial charge in [-0.2, -0.15) is 0 Å². The third-order valence-electron chi connectivity index (χ3n) is 3.54. The molecule has 0 aliphatic heterocycles. The van der Waals surface area contributed by atoms with Gasteiger partial charge in [-0.15, -0.1) is 0 Å². The van der Waals surface area contributed by atoms with Crippen molar-refractivity contribution in [2.75, 3.05) is 19.7 Å². The predicted molar refractivity (Wildman–Crippen MR) is 79.0 cm³/mol. The summed E-state index contributed by atoms with van der Waals surface area (Å²) in [4.78, 5) is 2.31. The molecular weight excluding hydrogens is 238 g/mol. The Balaban J connectivity index is 2.61. The Labute approximate surface area is 116 Å². The Morgan fingerprint density at radius 1 is 1.11 bits per heavy atom. The van der Waals surface area contributed by atoms with Gasteiger partial charge in [0.1, 0.15) is 0 Å². The zero-order valence-electron chi connectivity index (χ0n) is 12.1. The van der Waals surface area contributed by atoms with Crippen LogP contribution in [0.2, 0.25) is 0 Å². The van der Waals surface area contributed by atoms with Crippen molar-refractivity contribution in [3.05, 3.63) is 35.9 Å². The Morgan fingerprint density at radius 3 is 2.37 bits per heavy atom. The van der Waals surface area contributed by atoms with E-state index in [0.717, 1.165) is 37.9 Å². The number of hydrogen-bond donors (Lipinski definition) is 2. The topological polar surface area (TPSA) is 43.7 Å². The smallest absolute Gasteiger partial charge is 0.0942 e. The molecule has 0 heterocycles. The largest absolute Gasteiger partial charge is 0.396 e. The fraction of sp³-hybridized carbons (Fsp3) is 0.625. The van der Waals surface area contributed by atoms with E-state index in [0.29, 0.717) is 0 Å². The number of hydrogen-bond acceptors (Lipinski definition) is 3. The molecule has 1 aromatic carbocycles. The molecule has 0 saturated heterocycles. The van der Waals surface area contributed by atoms with Crippen LogP contribution in [-0.2, 0) is 0 Å². The van der Waals surface area contributed by atoms with Crippen LogP contribution in [-0.4, -0.2) is 40.9 Å². The van der Waals surface area contributed by atoms with Crippen LogP contribution in [0.1, 0.15) is 44.8 Å². The standard InChI is InChI=1S/C16H27NO2/c1-3-11-17(12-7-8-13-18)14(2)16(19)15-9-5-4-6-10-15/h4-6,9-10,14,16,18-19H,3,7-8,11-13H2,1-2H3. The van der Waals surface area contributed by atoms with Crippen LogP contribution in [0.4, 0.5) is 0 Å². The van der Waals surface area contributed by atoms with E-state index >= 15 is 0 Å². The Hall–Kier alpha value is -0.900. The highest BCUT2D eigenvalue weighted by molar-refractivity contribution is 5.18. The summed E-state index contributed by atoms with van der Waals surface area (Å²) in [5.74, 6) is 0. The van der Waals surface area contributed by atoms with Gasteiger partial charge in [0.25, 0.3) is 0 Å². The molecule has 0 aromatic heterocycles. The lowest BCUT2D eigenvalue weighted by Crippen LogP contribution is -2.38. The highest BCUT2D eigenvalue weighted by atomic mass is 16.3. The van der Waals surface area contributed by atoms with Gasteiger partial charge in [-0.3, -0.25) is 4.90 Å². The van der Waals surface area contributed by atoms with Gasteiger partial charge in [0.05, 0.1) is 6.10 Å². The minimum Gasteiger partial charge on any atom is -0.396 e. The third-order valence-corrected chi connectivity index (χ3v) is 3.54. The number of aliphatic hydroxyl groups is 2. The van der Waals surface area contributed by atoms with E-state index in [1.807, 2.05) is 30.3 Å². The molecule has 3 nitrogen and oxygen atoms in total. The van der Waals surface area contributed by atoms with Crippen molar-refractivity contribution < 1.29 is 10.2 Å². The number of unbranched alkanes of at least 4 members (excludes halogenated alkanes) is 1. The molecule has 0 radical (unpaired) electrons. The molecule has 0 spiro atoms. The maximum absolute atomic E-state index is 10.5. The second-order valence-electron chi connectivity index (χ2n) is 5.06. The third kappa shape index (κ3) is 5.31. The predicted octanol–water partition coefficient (Wildman–Crippen LogP) is 2.59. The zero-order valence-corrected chi connectivity index (χ0v) is 12.1. The minimum absolute atomic E-state index is 0.0982. The first-order chi connectivity index (χ1) is 9.20. The molecular formula is C16H27NO2. The summed E-state index contributed by atoms with van der Waals surface area (Å²) in [6.07, 6.45) is 2.42. The monoisotopic (exact) mass is 265 g/mol. The summed E-state index contributed by atoms with van der Waals surface area (Å²) in [6, 6.07) is 9.92. The molecule has 0 saturated carbocycles. The molecule has 2 N–H and O–H groups in total. The van der Waals surface area contributed by atoms with Crippen molar-refractivity contribution in [3.63, 3.8) is 0 Å². The van der Waals surface area contributed by atoms with Crippen molar-refractivity contribution in [1.82, 2.24) is 4.90 Å². The van der Waals surface area contributed by atoms with Crippen molar-refractivity contribution >= 4 is 0 Å². The fourth-order valence-corrected chi connectivity index (χ4v) is 2.36. The molecule has 0 amide bonds. The summed E-state index contributed by atoms with van der Waals surface area (Å²) in [6.45, 7) is 6.39. The molecule has 2 atom stereocenters. The van der Waals surface area contributed by atoms with Gasteiger partial charge < -0.3 is 10.2 Å². The Morgan fingerprint density at radius 2 is 1.79 bits per heavy atom. The molecule has 1 rings (SSSR count). The molecule has 2 unspecified atom stereocenters. The number of rotatable bonds is 9. The van der Waals surface area contributed by atoms with Crippen LogP contribution >= 0.6 is 0 Å². The van der Waals surface area contributed by atoms with Crippen LogP contribution < -0.4 is 0 Å². The van der Waals surface area contributed by atoms with Gasteiger partial charge in [0.15, 0.2) is 0 Å². The molecule has 3 heteroatoms. The van der Waals surface area contributed by atoms with Crippen molar-refractivity contribution in [2.24, 2.45) is 0 Å². The van der Waals surface area contributed by atoms with Crippen LogP contribution in [0, 0.1) is 0 Å². The SMILES string of the molecule is CCCN(CCCCO)C(C)C(O)c1ccccc1. The summed E-state index contributed by atoms with van der Waals surface area (Å²) in [5, 5.41) is 19.3. The maximum Gasteiger partial charge on any atom is 0.0942 e. The maximum atomic E-state index is 10.5. The second kappa shape index (κ2) is 9.08. The molecule has 0 fully saturated rings. The number of nitrogens with zero attached hydrogens (tertiary/aromatic N) is 1. The highest BCUT2D eigenvalue weighted by Gasteiger charge is 2.21. The van der Waals surface area contributed by atoms with Crippen LogP contribution in [0.15, 0.2) is 30.3 Å². The minimum atomic E-state index is -0.457. The van der Waals surface area contributed by atoms with Crippen LogP contribution in [0.25, 0.3) is 0 Å². The molecule has 19 heavy (non-hydrogen) atoms. The van der Waals surface area contributed by atoms with Crippen LogP contribution in [0.5, 0.6) is 0 Å². The van der Waals surface area contributed by atoms with E-state index in [9.17, 15) is 5.11 Å². The van der Waals surface area contributed by atoms with Gasteiger partial charge in [-0.1, -0.05) is 37.3 Å². The Bertz CT molecular complexity index is 329. The lowest BCUT2D eigenvalue weighted by atomic mass is 10.0. The molecule has 0 aliphatic rings. The number of aliphatic hydroxyl groups excluding tert-OH is 2. The summed E-state index contributed by atoms with van der Waals surface area (Å²) in [7, 11) is 0. The lowest BCUT2D eigenvalue weighted by molar-refractivity contribution is 0.0559. The molecule has 1 aromatic rings. The van der Waals surface area contributed by atoms with Crippen molar-refractivity contribution in [2.45, 2.75) is 45.3 Å². The van der Waals surface area contributed by atoms with E-state index in [4.69, 9.17) is 5.11 Å². The molecule has 0 aliphatic carbocycles. The average Bonchev–Trinajstić information content (AvgIpc) is 2.46. The van der Waals surface area contributed by atoms with E-state index in [2.05, 4.69) is 18.7 Å². The van der Waals surface area contributed by atoms with Crippen molar-refractivity contribution in [1.29, 1.82) is 0 Å². The second-order valence-corrected chi connectivity index (χ2v) is 5.06. The van der Waals surface area contributed by atoms with Gasteiger partial charge in [0.2, 0.25) is 0 Å². The summed E-state index contributed by atoms with van der Waals surface area (Å²) >= 11 is 0. The number of benzene rings is 1. The van der Waals surface area contributed by atoms with Gasteiger partial charge in [0, 0.05) is 12.6 Å². The van der Waals surface area contributed by atoms with Crippen molar-refractivity contribution in [3.8, 4) is 0 Å². The van der Waals surface area contributed by atoms with E-state index in [-0.39, 0.29) is 12.6 Å². The quantitative estimate of drug-likeness (QED) is 0.675. The normalized spacial score (nSPS) is 14.6. The van der Waals surface area contributed by atoms with Gasteiger partial charge in [-0.05, 0) is 44.8 Å². The first kappa shape index (κ1) is 16.2. The average molecular weight is 265 g/mol. The zero-order chi connectivity index (χ0) is 14.1. The van der Waals surface area contributed by atoms with E-state index < -0.39 is 6.10 Å². The fourth-order valence-electron chi connectivity index (χ4n) is 2.36.